The second-order valence-electron chi connectivity index (χ2n) is 5.94. The van der Waals surface area contributed by atoms with Crippen molar-refractivity contribution in [2.75, 3.05) is 7.11 Å². The maximum atomic E-state index is 6.30. The molecule has 0 aromatic rings. The molecule has 0 amide bonds. The van der Waals surface area contributed by atoms with E-state index in [2.05, 4.69) is 0 Å². The summed E-state index contributed by atoms with van der Waals surface area (Å²) in [6.07, 6.45) is 13.2. The minimum absolute atomic E-state index is 0.161. The number of nitrogens with two attached hydrogens (primary N) is 1. The molecule has 0 aromatic carbocycles. The Morgan fingerprint density at radius 3 is 2.38 bits per heavy atom. The summed E-state index contributed by atoms with van der Waals surface area (Å²) in [5.41, 5.74) is 6.46. The minimum Gasteiger partial charge on any atom is -0.378 e. The third-order valence-electron chi connectivity index (χ3n) is 4.69. The molecule has 2 fully saturated rings. The van der Waals surface area contributed by atoms with Crippen molar-refractivity contribution >= 4 is 0 Å². The molecule has 1 unspecified atom stereocenters. The Balaban J connectivity index is 1.72. The Morgan fingerprint density at radius 2 is 1.88 bits per heavy atom. The number of rotatable bonds is 5. The zero-order chi connectivity index (χ0) is 11.4. The van der Waals surface area contributed by atoms with E-state index in [-0.39, 0.29) is 5.60 Å². The summed E-state index contributed by atoms with van der Waals surface area (Å²) in [5, 5.41) is 0. The molecule has 2 heteroatoms. The highest BCUT2D eigenvalue weighted by molar-refractivity contribution is 4.92. The van der Waals surface area contributed by atoms with E-state index in [0.717, 1.165) is 12.3 Å². The van der Waals surface area contributed by atoms with Crippen LogP contribution in [0.15, 0.2) is 0 Å². The fourth-order valence-corrected chi connectivity index (χ4v) is 3.47. The van der Waals surface area contributed by atoms with Crippen LogP contribution in [-0.2, 0) is 4.74 Å². The van der Waals surface area contributed by atoms with Crippen molar-refractivity contribution in [3.63, 3.8) is 0 Å². The van der Waals surface area contributed by atoms with Gasteiger partial charge in [0.1, 0.15) is 0 Å². The SMILES string of the molecule is COC1(CC(N)CC2CCCCC2)CCC1. The number of ether oxygens (including phenoxy) is 1. The molecule has 16 heavy (non-hydrogen) atoms. The van der Waals surface area contributed by atoms with E-state index in [1.54, 1.807) is 0 Å². The molecule has 0 spiro atoms. The quantitative estimate of drug-likeness (QED) is 0.779. The van der Waals surface area contributed by atoms with Gasteiger partial charge in [-0.05, 0) is 38.0 Å². The predicted molar refractivity (Wildman–Crippen MR) is 67.4 cm³/mol. The van der Waals surface area contributed by atoms with Crippen LogP contribution in [0.1, 0.15) is 64.2 Å². The average Bonchev–Trinajstić information content (AvgIpc) is 2.25. The van der Waals surface area contributed by atoms with Gasteiger partial charge in [0, 0.05) is 13.2 Å². The Morgan fingerprint density at radius 1 is 1.19 bits per heavy atom. The highest BCUT2D eigenvalue weighted by Crippen LogP contribution is 2.40. The number of hydrogen-bond donors (Lipinski definition) is 1. The summed E-state index contributed by atoms with van der Waals surface area (Å²) in [6, 6.07) is 0.364. The van der Waals surface area contributed by atoms with E-state index in [1.165, 1.54) is 57.8 Å². The van der Waals surface area contributed by atoms with Crippen molar-refractivity contribution in [1.82, 2.24) is 0 Å². The lowest BCUT2D eigenvalue weighted by molar-refractivity contribution is -0.0825. The molecule has 0 aliphatic heterocycles. The van der Waals surface area contributed by atoms with Gasteiger partial charge >= 0.3 is 0 Å². The van der Waals surface area contributed by atoms with Crippen LogP contribution in [0.25, 0.3) is 0 Å². The zero-order valence-electron chi connectivity index (χ0n) is 10.7. The van der Waals surface area contributed by atoms with Crippen LogP contribution >= 0.6 is 0 Å². The zero-order valence-corrected chi connectivity index (χ0v) is 10.7. The lowest BCUT2D eigenvalue weighted by Crippen LogP contribution is -2.44. The smallest absolute Gasteiger partial charge is 0.0693 e. The summed E-state index contributed by atoms with van der Waals surface area (Å²) in [7, 11) is 1.85. The molecule has 0 bridgehead atoms. The first-order valence-electron chi connectivity index (χ1n) is 7.05. The van der Waals surface area contributed by atoms with Gasteiger partial charge in [0.2, 0.25) is 0 Å². The van der Waals surface area contributed by atoms with Gasteiger partial charge < -0.3 is 10.5 Å². The van der Waals surface area contributed by atoms with Gasteiger partial charge in [0.15, 0.2) is 0 Å². The summed E-state index contributed by atoms with van der Waals surface area (Å²) < 4.78 is 5.65. The van der Waals surface area contributed by atoms with Crippen molar-refractivity contribution in [1.29, 1.82) is 0 Å². The molecular formula is C14H27NO. The van der Waals surface area contributed by atoms with E-state index in [9.17, 15) is 0 Å². The lowest BCUT2D eigenvalue weighted by Gasteiger charge is -2.42. The largest absolute Gasteiger partial charge is 0.378 e. The highest BCUT2D eigenvalue weighted by atomic mass is 16.5. The van der Waals surface area contributed by atoms with Gasteiger partial charge in [-0.3, -0.25) is 0 Å². The van der Waals surface area contributed by atoms with Crippen molar-refractivity contribution in [2.45, 2.75) is 75.9 Å². The second-order valence-corrected chi connectivity index (χ2v) is 5.94. The first kappa shape index (κ1) is 12.4. The molecule has 2 aliphatic rings. The molecule has 2 N–H and O–H groups in total. The summed E-state index contributed by atoms with van der Waals surface area (Å²) >= 11 is 0. The van der Waals surface area contributed by atoms with E-state index in [0.29, 0.717) is 6.04 Å². The Labute approximate surface area is 99.9 Å². The van der Waals surface area contributed by atoms with E-state index in [1.807, 2.05) is 7.11 Å². The lowest BCUT2D eigenvalue weighted by atomic mass is 9.74. The molecule has 0 radical (unpaired) electrons. The van der Waals surface area contributed by atoms with Crippen LogP contribution in [0.5, 0.6) is 0 Å². The fourth-order valence-electron chi connectivity index (χ4n) is 3.47. The summed E-state index contributed by atoms with van der Waals surface area (Å²) in [5.74, 6) is 0.901. The van der Waals surface area contributed by atoms with Gasteiger partial charge in [-0.15, -0.1) is 0 Å². The normalized spacial score (nSPS) is 27.4. The molecule has 0 heterocycles. The van der Waals surface area contributed by atoms with Gasteiger partial charge in [0.25, 0.3) is 0 Å². The third kappa shape index (κ3) is 2.98. The fraction of sp³-hybridized carbons (Fsp3) is 1.00. The Bertz CT molecular complexity index is 201. The molecule has 1 atom stereocenters. The van der Waals surface area contributed by atoms with Gasteiger partial charge in [-0.25, -0.2) is 0 Å². The van der Waals surface area contributed by atoms with Gasteiger partial charge in [0.05, 0.1) is 5.60 Å². The maximum absolute atomic E-state index is 6.30. The molecule has 0 aromatic heterocycles. The highest BCUT2D eigenvalue weighted by Gasteiger charge is 2.38. The first-order chi connectivity index (χ1) is 7.74. The van der Waals surface area contributed by atoms with Crippen LogP contribution < -0.4 is 5.73 Å². The molecule has 2 aliphatic carbocycles. The maximum Gasteiger partial charge on any atom is 0.0693 e. The molecular weight excluding hydrogens is 198 g/mol. The first-order valence-corrected chi connectivity index (χ1v) is 7.05. The Kier molecular flexibility index (Phi) is 4.26. The monoisotopic (exact) mass is 225 g/mol. The third-order valence-corrected chi connectivity index (χ3v) is 4.69. The van der Waals surface area contributed by atoms with Crippen LogP contribution in [0.3, 0.4) is 0 Å². The van der Waals surface area contributed by atoms with E-state index in [4.69, 9.17) is 10.5 Å². The molecule has 2 rings (SSSR count). The molecule has 94 valence electrons. The predicted octanol–water partition coefficient (Wildman–Crippen LogP) is 3.24. The number of hydrogen-bond acceptors (Lipinski definition) is 2. The van der Waals surface area contributed by atoms with E-state index < -0.39 is 0 Å². The van der Waals surface area contributed by atoms with Crippen LogP contribution in [-0.4, -0.2) is 18.8 Å². The Hall–Kier alpha value is -0.0800. The standard InChI is InChI=1S/C14H27NO/c1-16-14(8-5-9-14)11-13(15)10-12-6-3-2-4-7-12/h12-13H,2-11,15H2,1H3. The van der Waals surface area contributed by atoms with Crippen molar-refractivity contribution in [3.05, 3.63) is 0 Å². The van der Waals surface area contributed by atoms with E-state index >= 15 is 0 Å². The van der Waals surface area contributed by atoms with Crippen LogP contribution in [0, 0.1) is 5.92 Å². The number of methoxy groups -OCH3 is 1. The van der Waals surface area contributed by atoms with Crippen LogP contribution in [0.2, 0.25) is 0 Å². The van der Waals surface area contributed by atoms with Gasteiger partial charge in [-0.1, -0.05) is 32.1 Å². The van der Waals surface area contributed by atoms with Crippen molar-refractivity contribution in [3.8, 4) is 0 Å². The molecule has 2 saturated carbocycles. The minimum atomic E-state index is 0.161. The molecule has 0 saturated heterocycles. The van der Waals surface area contributed by atoms with Crippen LogP contribution in [0.4, 0.5) is 0 Å². The average molecular weight is 225 g/mol. The van der Waals surface area contributed by atoms with Crippen molar-refractivity contribution in [2.24, 2.45) is 11.7 Å². The second kappa shape index (κ2) is 5.50. The summed E-state index contributed by atoms with van der Waals surface area (Å²) in [4.78, 5) is 0. The summed E-state index contributed by atoms with van der Waals surface area (Å²) in [6.45, 7) is 0. The molecule has 2 nitrogen and oxygen atoms in total. The van der Waals surface area contributed by atoms with Crippen molar-refractivity contribution < 1.29 is 4.74 Å². The van der Waals surface area contributed by atoms with Gasteiger partial charge in [-0.2, -0.15) is 0 Å². The topological polar surface area (TPSA) is 35.2 Å².